The number of hydrogen-bond acceptors (Lipinski definition) is 3. The van der Waals surface area contributed by atoms with Gasteiger partial charge < -0.3 is 4.90 Å². The third kappa shape index (κ3) is 3.26. The second kappa shape index (κ2) is 6.08. The van der Waals surface area contributed by atoms with E-state index in [-0.39, 0.29) is 16.9 Å². The molecule has 2 fully saturated rings. The molecule has 1 atom stereocenters. The Morgan fingerprint density at radius 1 is 1.35 bits per heavy atom. The lowest BCUT2D eigenvalue weighted by Crippen LogP contribution is -2.52. The van der Waals surface area contributed by atoms with Gasteiger partial charge in [-0.3, -0.25) is 14.4 Å². The molecule has 1 aromatic heterocycles. The molecule has 5 nitrogen and oxygen atoms in total. The molecule has 23 heavy (non-hydrogen) atoms. The molecule has 9 heteroatoms. The van der Waals surface area contributed by atoms with Crippen molar-refractivity contribution in [2.75, 3.05) is 26.2 Å². The van der Waals surface area contributed by atoms with Crippen molar-refractivity contribution in [3.05, 3.63) is 15.9 Å². The number of fused-ring (bicyclic) bond motifs is 1. The van der Waals surface area contributed by atoms with Gasteiger partial charge >= 0.3 is 6.18 Å². The van der Waals surface area contributed by atoms with E-state index in [4.69, 9.17) is 0 Å². The first-order valence-electron chi connectivity index (χ1n) is 7.59. The fraction of sp³-hybridized carbons (Fsp3) is 0.714. The first-order valence-corrected chi connectivity index (χ1v) is 8.38. The zero-order valence-corrected chi connectivity index (χ0v) is 14.3. The summed E-state index contributed by atoms with van der Waals surface area (Å²) >= 11 is 2.92. The van der Waals surface area contributed by atoms with E-state index in [1.807, 2.05) is 0 Å². The van der Waals surface area contributed by atoms with Gasteiger partial charge in [-0.05, 0) is 42.2 Å². The molecule has 1 amide bonds. The van der Waals surface area contributed by atoms with Gasteiger partial charge in [-0.1, -0.05) is 0 Å². The summed E-state index contributed by atoms with van der Waals surface area (Å²) in [7, 11) is 0. The molecule has 0 aromatic carbocycles. The first-order chi connectivity index (χ1) is 10.8. The lowest BCUT2D eigenvalue weighted by Gasteiger charge is -2.37. The van der Waals surface area contributed by atoms with Crippen LogP contribution >= 0.6 is 15.9 Å². The standard InChI is InChI=1S/C14H18BrF3N4O/c1-9-12(15)13(14(16,17)18)19-22(9)8-11(23)21-6-5-20-4-2-3-10(20)7-21/h10H,2-8H2,1H3/t10-/m1/s1. The fourth-order valence-corrected chi connectivity index (χ4v) is 3.81. The van der Waals surface area contributed by atoms with Gasteiger partial charge in [0.15, 0.2) is 5.69 Å². The highest BCUT2D eigenvalue weighted by molar-refractivity contribution is 9.10. The highest BCUT2D eigenvalue weighted by Gasteiger charge is 2.38. The van der Waals surface area contributed by atoms with E-state index in [1.54, 1.807) is 4.90 Å². The Balaban J connectivity index is 1.71. The molecule has 2 aliphatic rings. The van der Waals surface area contributed by atoms with Gasteiger partial charge in [0.05, 0.1) is 10.2 Å². The highest BCUT2D eigenvalue weighted by atomic mass is 79.9. The van der Waals surface area contributed by atoms with Crippen molar-refractivity contribution in [2.45, 2.75) is 38.5 Å². The van der Waals surface area contributed by atoms with Crippen LogP contribution in [0.1, 0.15) is 24.2 Å². The molecule has 0 radical (unpaired) electrons. The van der Waals surface area contributed by atoms with Crippen molar-refractivity contribution in [3.8, 4) is 0 Å². The zero-order chi connectivity index (χ0) is 16.8. The average Bonchev–Trinajstić information content (AvgIpc) is 3.05. The van der Waals surface area contributed by atoms with E-state index >= 15 is 0 Å². The van der Waals surface area contributed by atoms with Crippen LogP contribution in [-0.2, 0) is 17.5 Å². The van der Waals surface area contributed by atoms with E-state index in [1.165, 1.54) is 6.92 Å². The summed E-state index contributed by atoms with van der Waals surface area (Å²) in [6.07, 6.45) is -2.31. The summed E-state index contributed by atoms with van der Waals surface area (Å²) < 4.78 is 39.7. The smallest absolute Gasteiger partial charge is 0.338 e. The van der Waals surface area contributed by atoms with Crippen molar-refractivity contribution in [1.82, 2.24) is 19.6 Å². The van der Waals surface area contributed by atoms with E-state index in [9.17, 15) is 18.0 Å². The molecular formula is C14H18BrF3N4O. The van der Waals surface area contributed by atoms with E-state index in [0.29, 0.717) is 24.8 Å². The summed E-state index contributed by atoms with van der Waals surface area (Å²) in [5.74, 6) is -0.177. The molecule has 0 spiro atoms. The number of carbonyl (C=O) groups is 1. The van der Waals surface area contributed by atoms with Crippen molar-refractivity contribution < 1.29 is 18.0 Å². The zero-order valence-electron chi connectivity index (χ0n) is 12.7. The van der Waals surface area contributed by atoms with Gasteiger partial charge in [-0.2, -0.15) is 18.3 Å². The van der Waals surface area contributed by atoms with Gasteiger partial charge in [0, 0.05) is 25.7 Å². The van der Waals surface area contributed by atoms with Crippen molar-refractivity contribution in [2.24, 2.45) is 0 Å². The summed E-state index contributed by atoms with van der Waals surface area (Å²) in [5, 5.41) is 3.57. The lowest BCUT2D eigenvalue weighted by molar-refractivity contribution is -0.143. The predicted octanol–water partition coefficient (Wildman–Crippen LogP) is 2.28. The molecule has 2 saturated heterocycles. The Hall–Kier alpha value is -1.09. The van der Waals surface area contributed by atoms with Crippen LogP contribution in [0.4, 0.5) is 13.2 Å². The molecule has 0 aliphatic carbocycles. The molecule has 2 aliphatic heterocycles. The van der Waals surface area contributed by atoms with Crippen LogP contribution in [0.3, 0.4) is 0 Å². The van der Waals surface area contributed by atoms with Crippen LogP contribution in [0.15, 0.2) is 4.47 Å². The number of carbonyl (C=O) groups excluding carboxylic acids is 1. The van der Waals surface area contributed by atoms with E-state index in [2.05, 4.69) is 25.9 Å². The maximum absolute atomic E-state index is 12.9. The second-order valence-electron chi connectivity index (χ2n) is 6.08. The second-order valence-corrected chi connectivity index (χ2v) is 6.87. The van der Waals surface area contributed by atoms with Crippen molar-refractivity contribution in [1.29, 1.82) is 0 Å². The largest absolute Gasteiger partial charge is 0.436 e. The Labute approximate surface area is 140 Å². The Morgan fingerprint density at radius 3 is 2.74 bits per heavy atom. The summed E-state index contributed by atoms with van der Waals surface area (Å²) in [4.78, 5) is 16.5. The van der Waals surface area contributed by atoms with E-state index in [0.717, 1.165) is 30.6 Å². The maximum atomic E-state index is 12.9. The topological polar surface area (TPSA) is 41.4 Å². The average molecular weight is 395 g/mol. The van der Waals surface area contributed by atoms with Gasteiger partial charge in [-0.25, -0.2) is 0 Å². The number of aromatic nitrogens is 2. The molecule has 3 heterocycles. The van der Waals surface area contributed by atoms with Gasteiger partial charge in [0.1, 0.15) is 6.54 Å². The first kappa shape index (κ1) is 16.8. The number of hydrogen-bond donors (Lipinski definition) is 0. The van der Waals surface area contributed by atoms with Crippen LogP contribution in [0.25, 0.3) is 0 Å². The highest BCUT2D eigenvalue weighted by Crippen LogP contribution is 2.35. The summed E-state index contributed by atoms with van der Waals surface area (Å²) in [5.41, 5.74) is -0.673. The van der Waals surface area contributed by atoms with Crippen LogP contribution in [0.2, 0.25) is 0 Å². The molecule has 128 valence electrons. The maximum Gasteiger partial charge on any atom is 0.436 e. The molecule has 3 rings (SSSR count). The van der Waals surface area contributed by atoms with Crippen LogP contribution < -0.4 is 0 Å². The fourth-order valence-electron chi connectivity index (χ4n) is 3.31. The number of rotatable bonds is 2. The number of alkyl halides is 3. The molecule has 0 N–H and O–H groups in total. The number of nitrogens with zero attached hydrogens (tertiary/aromatic N) is 4. The quantitative estimate of drug-likeness (QED) is 0.772. The third-order valence-corrected chi connectivity index (χ3v) is 5.58. The lowest BCUT2D eigenvalue weighted by atomic mass is 10.1. The molecule has 0 saturated carbocycles. The van der Waals surface area contributed by atoms with Gasteiger partial charge in [0.25, 0.3) is 0 Å². The van der Waals surface area contributed by atoms with Crippen molar-refractivity contribution in [3.63, 3.8) is 0 Å². The monoisotopic (exact) mass is 394 g/mol. The molecule has 1 aromatic rings. The minimum Gasteiger partial charge on any atom is -0.338 e. The predicted molar refractivity (Wildman–Crippen MR) is 80.8 cm³/mol. The van der Waals surface area contributed by atoms with Crippen molar-refractivity contribution >= 4 is 21.8 Å². The number of halogens is 4. The minimum atomic E-state index is -4.53. The van der Waals surface area contributed by atoms with Crippen LogP contribution in [0, 0.1) is 6.92 Å². The normalized spacial score (nSPS) is 22.5. The van der Waals surface area contributed by atoms with E-state index < -0.39 is 11.9 Å². The SMILES string of the molecule is Cc1c(Br)c(C(F)(F)F)nn1CC(=O)N1CCN2CCC[C@@H]2C1. The Kier molecular flexibility index (Phi) is 4.43. The minimum absolute atomic E-state index is 0.0987. The Bertz CT molecular complexity index is 616. The van der Waals surface area contributed by atoms with Gasteiger partial charge in [-0.15, -0.1) is 0 Å². The Morgan fingerprint density at radius 2 is 2.09 bits per heavy atom. The molecular weight excluding hydrogens is 377 g/mol. The van der Waals surface area contributed by atoms with Gasteiger partial charge in [0.2, 0.25) is 5.91 Å². The molecule has 0 bridgehead atoms. The molecule has 0 unspecified atom stereocenters. The third-order valence-electron chi connectivity index (χ3n) is 4.63. The van der Waals surface area contributed by atoms with Crippen LogP contribution in [-0.4, -0.2) is 57.7 Å². The summed E-state index contributed by atoms with van der Waals surface area (Å²) in [6.45, 7) is 4.57. The summed E-state index contributed by atoms with van der Waals surface area (Å²) in [6, 6.07) is 0.392. The van der Waals surface area contributed by atoms with Crippen LogP contribution in [0.5, 0.6) is 0 Å². The number of piperazine rings is 1. The number of amides is 1.